The fourth-order valence-corrected chi connectivity index (χ4v) is 3.60. The SMILES string of the molecule is Cc1cc(C)c2c(NCC(C(C)C)N3CCCC3)ncnc2n1. The molecule has 0 bridgehead atoms. The Morgan fingerprint density at radius 3 is 2.61 bits per heavy atom. The molecule has 1 fully saturated rings. The molecule has 23 heavy (non-hydrogen) atoms. The summed E-state index contributed by atoms with van der Waals surface area (Å²) in [6, 6.07) is 2.64. The van der Waals surface area contributed by atoms with Gasteiger partial charge in [-0.1, -0.05) is 13.8 Å². The van der Waals surface area contributed by atoms with Gasteiger partial charge in [-0.25, -0.2) is 15.0 Å². The fraction of sp³-hybridized carbons (Fsp3) is 0.611. The summed E-state index contributed by atoms with van der Waals surface area (Å²) in [5, 5.41) is 4.62. The standard InChI is InChI=1S/C18H27N5/c1-12(2)15(23-7-5-6-8-23)10-19-17-16-13(3)9-14(4)22-18(16)21-11-20-17/h9,11-12,15H,5-8,10H2,1-4H3,(H,19,20,21,22). The minimum Gasteiger partial charge on any atom is -0.368 e. The molecule has 0 aromatic carbocycles. The first-order chi connectivity index (χ1) is 11.1. The van der Waals surface area contributed by atoms with E-state index in [1.807, 2.05) is 6.92 Å². The molecule has 1 aliphatic heterocycles. The van der Waals surface area contributed by atoms with Gasteiger partial charge in [0.1, 0.15) is 12.1 Å². The van der Waals surface area contributed by atoms with Crippen molar-refractivity contribution in [3.8, 4) is 0 Å². The van der Waals surface area contributed by atoms with E-state index < -0.39 is 0 Å². The van der Waals surface area contributed by atoms with Crippen LogP contribution in [0.4, 0.5) is 5.82 Å². The molecule has 1 aliphatic rings. The lowest BCUT2D eigenvalue weighted by molar-refractivity contribution is 0.201. The van der Waals surface area contributed by atoms with E-state index in [9.17, 15) is 0 Å². The number of nitrogens with one attached hydrogen (secondary N) is 1. The first-order valence-corrected chi connectivity index (χ1v) is 8.63. The van der Waals surface area contributed by atoms with Gasteiger partial charge in [-0.05, 0) is 57.3 Å². The van der Waals surface area contributed by atoms with E-state index in [-0.39, 0.29) is 0 Å². The van der Waals surface area contributed by atoms with E-state index in [4.69, 9.17) is 0 Å². The molecule has 0 radical (unpaired) electrons. The molecule has 0 saturated carbocycles. The van der Waals surface area contributed by atoms with Gasteiger partial charge in [0.25, 0.3) is 0 Å². The molecule has 1 N–H and O–H groups in total. The monoisotopic (exact) mass is 313 g/mol. The molecule has 2 aromatic heterocycles. The van der Waals surface area contributed by atoms with Gasteiger partial charge in [0.05, 0.1) is 5.39 Å². The van der Waals surface area contributed by atoms with Gasteiger partial charge in [0.2, 0.25) is 0 Å². The number of aryl methyl sites for hydroxylation is 2. The van der Waals surface area contributed by atoms with Gasteiger partial charge >= 0.3 is 0 Å². The van der Waals surface area contributed by atoms with E-state index in [2.05, 4.69) is 52.0 Å². The molecule has 2 aromatic rings. The third-order valence-electron chi connectivity index (χ3n) is 4.79. The van der Waals surface area contributed by atoms with E-state index in [1.165, 1.54) is 31.5 Å². The Kier molecular flexibility index (Phi) is 4.76. The molecule has 3 rings (SSSR count). The molecule has 1 saturated heterocycles. The number of likely N-dealkylation sites (tertiary alicyclic amines) is 1. The van der Waals surface area contributed by atoms with Crippen molar-refractivity contribution in [2.45, 2.75) is 46.6 Å². The molecule has 0 aliphatic carbocycles. The Morgan fingerprint density at radius 2 is 1.91 bits per heavy atom. The topological polar surface area (TPSA) is 53.9 Å². The zero-order chi connectivity index (χ0) is 16.4. The average Bonchev–Trinajstić information content (AvgIpc) is 3.00. The molecule has 0 spiro atoms. The smallest absolute Gasteiger partial charge is 0.165 e. The lowest BCUT2D eigenvalue weighted by Gasteiger charge is -2.31. The van der Waals surface area contributed by atoms with Crippen LogP contribution in [0.3, 0.4) is 0 Å². The highest BCUT2D eigenvalue weighted by atomic mass is 15.2. The summed E-state index contributed by atoms with van der Waals surface area (Å²) in [5.41, 5.74) is 2.96. The van der Waals surface area contributed by atoms with Crippen LogP contribution in [-0.4, -0.2) is 45.5 Å². The summed E-state index contributed by atoms with van der Waals surface area (Å²) in [5.74, 6) is 1.53. The predicted molar refractivity (Wildman–Crippen MR) is 94.7 cm³/mol. The van der Waals surface area contributed by atoms with Crippen LogP contribution in [0.2, 0.25) is 0 Å². The molecule has 3 heterocycles. The van der Waals surface area contributed by atoms with Crippen LogP contribution < -0.4 is 5.32 Å². The summed E-state index contributed by atoms with van der Waals surface area (Å²) in [7, 11) is 0. The predicted octanol–water partition coefficient (Wildman–Crippen LogP) is 3.17. The Hall–Kier alpha value is -1.75. The molecule has 1 atom stereocenters. The zero-order valence-electron chi connectivity index (χ0n) is 14.6. The second-order valence-electron chi connectivity index (χ2n) is 6.94. The van der Waals surface area contributed by atoms with Crippen LogP contribution in [0.25, 0.3) is 11.0 Å². The van der Waals surface area contributed by atoms with Crippen LogP contribution in [0.1, 0.15) is 37.9 Å². The van der Waals surface area contributed by atoms with Gasteiger partial charge in [0.15, 0.2) is 5.65 Å². The minimum absolute atomic E-state index is 0.543. The number of fused-ring (bicyclic) bond motifs is 1. The van der Waals surface area contributed by atoms with Crippen molar-refractivity contribution in [3.05, 3.63) is 23.7 Å². The van der Waals surface area contributed by atoms with Crippen molar-refractivity contribution in [2.24, 2.45) is 5.92 Å². The normalized spacial score (nSPS) is 17.1. The quantitative estimate of drug-likeness (QED) is 0.919. The Morgan fingerprint density at radius 1 is 1.17 bits per heavy atom. The molecule has 1 unspecified atom stereocenters. The third-order valence-corrected chi connectivity index (χ3v) is 4.79. The van der Waals surface area contributed by atoms with E-state index >= 15 is 0 Å². The first kappa shape index (κ1) is 16.1. The number of hydrogen-bond acceptors (Lipinski definition) is 5. The second kappa shape index (κ2) is 6.79. The fourth-order valence-electron chi connectivity index (χ4n) is 3.60. The summed E-state index contributed by atoms with van der Waals surface area (Å²) >= 11 is 0. The van der Waals surface area contributed by atoms with Crippen LogP contribution in [-0.2, 0) is 0 Å². The number of hydrogen-bond donors (Lipinski definition) is 1. The van der Waals surface area contributed by atoms with Crippen molar-refractivity contribution >= 4 is 16.9 Å². The minimum atomic E-state index is 0.543. The van der Waals surface area contributed by atoms with Crippen LogP contribution >= 0.6 is 0 Å². The van der Waals surface area contributed by atoms with E-state index in [0.717, 1.165) is 29.1 Å². The third kappa shape index (κ3) is 3.44. The summed E-state index contributed by atoms with van der Waals surface area (Å²) in [6.07, 6.45) is 4.25. The van der Waals surface area contributed by atoms with E-state index in [0.29, 0.717) is 12.0 Å². The highest BCUT2D eigenvalue weighted by Crippen LogP contribution is 2.24. The number of anilines is 1. The van der Waals surface area contributed by atoms with E-state index in [1.54, 1.807) is 6.33 Å². The maximum atomic E-state index is 4.54. The van der Waals surface area contributed by atoms with Crippen molar-refractivity contribution in [3.63, 3.8) is 0 Å². The van der Waals surface area contributed by atoms with Crippen molar-refractivity contribution in [1.82, 2.24) is 19.9 Å². The van der Waals surface area contributed by atoms with Crippen LogP contribution in [0.5, 0.6) is 0 Å². The number of rotatable bonds is 5. The molecule has 124 valence electrons. The lowest BCUT2D eigenvalue weighted by atomic mass is 10.0. The molecule has 5 nitrogen and oxygen atoms in total. The highest BCUT2D eigenvalue weighted by Gasteiger charge is 2.24. The average molecular weight is 313 g/mol. The largest absolute Gasteiger partial charge is 0.368 e. The maximum Gasteiger partial charge on any atom is 0.165 e. The summed E-state index contributed by atoms with van der Waals surface area (Å²) in [4.78, 5) is 15.9. The molecular formula is C18H27N5. The Balaban J connectivity index is 1.83. The van der Waals surface area contributed by atoms with Gasteiger partial charge in [-0.3, -0.25) is 4.90 Å². The first-order valence-electron chi connectivity index (χ1n) is 8.63. The van der Waals surface area contributed by atoms with Crippen LogP contribution in [0.15, 0.2) is 12.4 Å². The molecule has 0 amide bonds. The highest BCUT2D eigenvalue weighted by molar-refractivity contribution is 5.89. The molecular weight excluding hydrogens is 286 g/mol. The Bertz CT molecular complexity index is 676. The second-order valence-corrected chi connectivity index (χ2v) is 6.94. The van der Waals surface area contributed by atoms with Gasteiger partial charge in [-0.15, -0.1) is 0 Å². The number of nitrogens with zero attached hydrogens (tertiary/aromatic N) is 4. The van der Waals surface area contributed by atoms with Gasteiger partial charge in [0, 0.05) is 18.3 Å². The van der Waals surface area contributed by atoms with Gasteiger partial charge in [-0.2, -0.15) is 0 Å². The number of aromatic nitrogens is 3. The summed E-state index contributed by atoms with van der Waals surface area (Å²) in [6.45, 7) is 12.1. The van der Waals surface area contributed by atoms with Crippen LogP contribution in [0, 0.1) is 19.8 Å². The zero-order valence-corrected chi connectivity index (χ0v) is 14.6. The maximum absolute atomic E-state index is 4.54. The Labute approximate surface area is 138 Å². The van der Waals surface area contributed by atoms with Crippen molar-refractivity contribution in [2.75, 3.05) is 25.0 Å². The number of pyridine rings is 1. The molecule has 5 heteroatoms. The lowest BCUT2D eigenvalue weighted by Crippen LogP contribution is -2.42. The van der Waals surface area contributed by atoms with Crippen molar-refractivity contribution < 1.29 is 0 Å². The van der Waals surface area contributed by atoms with Gasteiger partial charge < -0.3 is 5.32 Å². The summed E-state index contributed by atoms with van der Waals surface area (Å²) < 4.78 is 0. The van der Waals surface area contributed by atoms with Crippen molar-refractivity contribution in [1.29, 1.82) is 0 Å².